The molecule has 114 valence electrons. The summed E-state index contributed by atoms with van der Waals surface area (Å²) in [6, 6.07) is 0.366. The van der Waals surface area contributed by atoms with Gasteiger partial charge in [-0.2, -0.15) is 0 Å². The summed E-state index contributed by atoms with van der Waals surface area (Å²) in [4.78, 5) is 4.81. The first-order valence-corrected chi connectivity index (χ1v) is 7.96. The summed E-state index contributed by atoms with van der Waals surface area (Å²) >= 11 is 0. The highest BCUT2D eigenvalue weighted by atomic mass is 16.5. The molecule has 0 aliphatic heterocycles. The molecule has 0 radical (unpaired) electrons. The summed E-state index contributed by atoms with van der Waals surface area (Å²) in [6.45, 7) is 13.4. The second-order valence-corrected chi connectivity index (χ2v) is 6.70. The number of hydrogen-bond donors (Lipinski definition) is 0. The summed E-state index contributed by atoms with van der Waals surface area (Å²) in [6.07, 6.45) is 6.12. The van der Waals surface area contributed by atoms with Crippen LogP contribution >= 0.6 is 0 Å². The van der Waals surface area contributed by atoms with Crippen molar-refractivity contribution in [3.05, 3.63) is 0 Å². The average molecular weight is 269 g/mol. The molecule has 19 heavy (non-hydrogen) atoms. The Labute approximate surface area is 121 Å². The van der Waals surface area contributed by atoms with Crippen LogP contribution in [0.2, 0.25) is 0 Å². The average Bonchev–Trinajstić information content (AvgIpc) is 2.27. The monoisotopic (exact) mass is 269 g/mol. The highest BCUT2D eigenvalue weighted by Gasteiger charge is 2.16. The molecule has 1 unspecified atom stereocenters. The van der Waals surface area contributed by atoms with Crippen molar-refractivity contribution in [2.45, 2.75) is 85.8 Å². The quantitative estimate of drug-likeness (QED) is 0.505. The zero-order valence-corrected chi connectivity index (χ0v) is 14.2. The van der Waals surface area contributed by atoms with Crippen LogP contribution in [0.15, 0.2) is 4.99 Å². The maximum atomic E-state index is 5.69. The maximum Gasteiger partial charge on any atom is 0.0947 e. The van der Waals surface area contributed by atoms with Crippen LogP contribution in [-0.4, -0.2) is 25.0 Å². The first-order chi connectivity index (χ1) is 8.86. The molecular weight excluding hydrogens is 234 g/mol. The highest BCUT2D eigenvalue weighted by Crippen LogP contribution is 2.16. The lowest BCUT2D eigenvalue weighted by Gasteiger charge is -2.20. The Kier molecular flexibility index (Phi) is 10.2. The van der Waals surface area contributed by atoms with E-state index in [1.165, 1.54) is 25.0 Å². The van der Waals surface area contributed by atoms with E-state index < -0.39 is 0 Å². The largest absolute Gasteiger partial charge is 0.376 e. The summed E-state index contributed by atoms with van der Waals surface area (Å²) < 4.78 is 5.69. The minimum Gasteiger partial charge on any atom is -0.376 e. The molecule has 0 aromatic heterocycles. The van der Waals surface area contributed by atoms with Gasteiger partial charge in [0, 0.05) is 18.9 Å². The Morgan fingerprint density at radius 3 is 1.89 bits per heavy atom. The van der Waals surface area contributed by atoms with Crippen LogP contribution < -0.4 is 0 Å². The second kappa shape index (κ2) is 10.4. The third-order valence-electron chi connectivity index (χ3n) is 3.30. The minimum absolute atomic E-state index is 0.219. The van der Waals surface area contributed by atoms with Gasteiger partial charge in [0.2, 0.25) is 0 Å². The van der Waals surface area contributed by atoms with Crippen LogP contribution in [0.25, 0.3) is 0 Å². The summed E-state index contributed by atoms with van der Waals surface area (Å²) in [5.74, 6) is 1.51. The topological polar surface area (TPSA) is 21.6 Å². The van der Waals surface area contributed by atoms with Gasteiger partial charge in [-0.25, -0.2) is 0 Å². The van der Waals surface area contributed by atoms with Crippen molar-refractivity contribution in [1.82, 2.24) is 0 Å². The van der Waals surface area contributed by atoms with Gasteiger partial charge in [-0.05, 0) is 51.4 Å². The lowest BCUT2D eigenvalue weighted by atomic mass is 9.97. The first-order valence-electron chi connectivity index (χ1n) is 7.96. The van der Waals surface area contributed by atoms with Crippen LogP contribution in [-0.2, 0) is 4.74 Å². The number of nitrogens with zero attached hydrogens (tertiary/aromatic N) is 1. The van der Waals surface area contributed by atoms with E-state index in [0.29, 0.717) is 6.04 Å². The Morgan fingerprint density at radius 2 is 1.47 bits per heavy atom. The summed E-state index contributed by atoms with van der Waals surface area (Å²) in [5, 5.41) is 0. The molecule has 0 saturated heterocycles. The first kappa shape index (κ1) is 18.6. The van der Waals surface area contributed by atoms with Crippen molar-refractivity contribution in [3.8, 4) is 0 Å². The van der Waals surface area contributed by atoms with Gasteiger partial charge in [0.05, 0.1) is 6.10 Å². The van der Waals surface area contributed by atoms with E-state index in [9.17, 15) is 0 Å². The number of methoxy groups -OCH3 is 1. The van der Waals surface area contributed by atoms with Crippen LogP contribution in [0.3, 0.4) is 0 Å². The Hall–Kier alpha value is -0.370. The van der Waals surface area contributed by atoms with E-state index in [4.69, 9.17) is 9.73 Å². The van der Waals surface area contributed by atoms with Crippen molar-refractivity contribution >= 4 is 5.71 Å². The van der Waals surface area contributed by atoms with Crippen molar-refractivity contribution in [3.63, 3.8) is 0 Å². The van der Waals surface area contributed by atoms with E-state index in [1.807, 2.05) is 7.11 Å². The molecule has 0 aliphatic rings. The summed E-state index contributed by atoms with van der Waals surface area (Å²) in [7, 11) is 1.82. The predicted molar refractivity (Wildman–Crippen MR) is 86.1 cm³/mol. The molecule has 2 nitrogen and oxygen atoms in total. The predicted octanol–water partition coefficient (Wildman–Crippen LogP) is 5.11. The standard InChI is InChI=1S/C17H35NO/c1-13(2)9-8-10-16(18-15(5)6)17(19-7)12-11-14(3)4/h13-15,17H,8-12H2,1-7H3. The van der Waals surface area contributed by atoms with Gasteiger partial charge in [0.15, 0.2) is 0 Å². The number of ether oxygens (including phenoxy) is 1. The van der Waals surface area contributed by atoms with Crippen molar-refractivity contribution in [2.24, 2.45) is 16.8 Å². The van der Waals surface area contributed by atoms with E-state index >= 15 is 0 Å². The molecule has 2 heteroatoms. The van der Waals surface area contributed by atoms with Crippen LogP contribution in [0.1, 0.15) is 73.6 Å². The molecule has 0 aromatic rings. The van der Waals surface area contributed by atoms with Crippen LogP contribution in [0.5, 0.6) is 0 Å². The van der Waals surface area contributed by atoms with Crippen molar-refractivity contribution in [2.75, 3.05) is 7.11 Å². The van der Waals surface area contributed by atoms with Gasteiger partial charge in [-0.15, -0.1) is 0 Å². The zero-order valence-electron chi connectivity index (χ0n) is 14.2. The molecule has 0 heterocycles. The molecule has 0 aromatic carbocycles. The van der Waals surface area contributed by atoms with Crippen molar-refractivity contribution < 1.29 is 4.74 Å². The van der Waals surface area contributed by atoms with Gasteiger partial charge in [0.25, 0.3) is 0 Å². The van der Waals surface area contributed by atoms with Gasteiger partial charge in [-0.1, -0.05) is 34.1 Å². The van der Waals surface area contributed by atoms with E-state index in [2.05, 4.69) is 41.5 Å². The number of rotatable bonds is 10. The fourth-order valence-electron chi connectivity index (χ4n) is 2.24. The Bertz CT molecular complexity index is 244. The van der Waals surface area contributed by atoms with E-state index in [1.54, 1.807) is 0 Å². The van der Waals surface area contributed by atoms with Crippen LogP contribution in [0, 0.1) is 11.8 Å². The minimum atomic E-state index is 0.219. The molecule has 1 atom stereocenters. The molecular formula is C17H35NO. The van der Waals surface area contributed by atoms with Gasteiger partial charge in [0.1, 0.15) is 0 Å². The molecule has 0 N–H and O–H groups in total. The highest BCUT2D eigenvalue weighted by molar-refractivity contribution is 5.88. The Morgan fingerprint density at radius 1 is 0.895 bits per heavy atom. The smallest absolute Gasteiger partial charge is 0.0947 e. The number of aliphatic imine (C=N–C) groups is 1. The van der Waals surface area contributed by atoms with E-state index in [-0.39, 0.29) is 6.10 Å². The zero-order chi connectivity index (χ0) is 14.8. The Balaban J connectivity index is 4.51. The molecule has 0 spiro atoms. The third-order valence-corrected chi connectivity index (χ3v) is 3.30. The van der Waals surface area contributed by atoms with Gasteiger partial charge >= 0.3 is 0 Å². The summed E-state index contributed by atoms with van der Waals surface area (Å²) in [5.41, 5.74) is 1.28. The molecule has 0 amide bonds. The van der Waals surface area contributed by atoms with Crippen LogP contribution in [0.4, 0.5) is 0 Å². The normalized spacial score (nSPS) is 14.7. The molecule has 0 rings (SSSR count). The van der Waals surface area contributed by atoms with Crippen molar-refractivity contribution in [1.29, 1.82) is 0 Å². The lowest BCUT2D eigenvalue weighted by Crippen LogP contribution is -2.25. The molecule has 0 aliphatic carbocycles. The third kappa shape index (κ3) is 10.1. The molecule has 0 fully saturated rings. The van der Waals surface area contributed by atoms with Gasteiger partial charge < -0.3 is 4.74 Å². The molecule has 0 bridgehead atoms. The maximum absolute atomic E-state index is 5.69. The number of hydrogen-bond acceptors (Lipinski definition) is 2. The lowest BCUT2D eigenvalue weighted by molar-refractivity contribution is 0.140. The SMILES string of the molecule is COC(CCC(C)C)C(CCCC(C)C)=NC(C)C. The fourth-order valence-corrected chi connectivity index (χ4v) is 2.24. The second-order valence-electron chi connectivity index (χ2n) is 6.70. The van der Waals surface area contributed by atoms with E-state index in [0.717, 1.165) is 24.7 Å². The van der Waals surface area contributed by atoms with Gasteiger partial charge in [-0.3, -0.25) is 4.99 Å². The fraction of sp³-hybridized carbons (Fsp3) is 0.941. The molecule has 0 saturated carbocycles.